The lowest BCUT2D eigenvalue weighted by atomic mass is 10.2. The number of amides is 2. The number of carbonyl (C=O) groups is 2. The Morgan fingerprint density at radius 1 is 1.00 bits per heavy atom. The molecule has 0 unspecified atom stereocenters. The molecule has 0 aliphatic heterocycles. The van der Waals surface area contributed by atoms with Crippen LogP contribution in [0, 0.1) is 10.1 Å². The number of para-hydroxylation sites is 2. The van der Waals surface area contributed by atoms with Gasteiger partial charge in [-0.15, -0.1) is 0 Å². The fourth-order valence-corrected chi connectivity index (χ4v) is 2.58. The van der Waals surface area contributed by atoms with Crippen molar-refractivity contribution in [1.29, 1.82) is 0 Å². The molecule has 0 bridgehead atoms. The molecule has 2 aromatic carbocycles. The number of hydrogen-bond donors (Lipinski definition) is 3. The van der Waals surface area contributed by atoms with Crippen molar-refractivity contribution in [1.82, 2.24) is 15.8 Å². The number of anilines is 2. The van der Waals surface area contributed by atoms with E-state index in [0.717, 1.165) is 6.07 Å². The lowest BCUT2D eigenvalue weighted by Gasteiger charge is -2.13. The van der Waals surface area contributed by atoms with Crippen LogP contribution >= 0.6 is 0 Å². The summed E-state index contributed by atoms with van der Waals surface area (Å²) in [5.74, 6) is -0.507. The first-order valence-electron chi connectivity index (χ1n) is 8.70. The van der Waals surface area contributed by atoms with Gasteiger partial charge in [0.2, 0.25) is 0 Å². The molecule has 0 radical (unpaired) electrons. The summed E-state index contributed by atoms with van der Waals surface area (Å²) in [5.41, 5.74) is 5.09. The Bertz CT molecular complexity index is 1100. The molecule has 1 aromatic heterocycles. The Morgan fingerprint density at radius 3 is 2.53 bits per heavy atom. The zero-order chi connectivity index (χ0) is 21.5. The highest BCUT2D eigenvalue weighted by molar-refractivity contribution is 6.02. The van der Waals surface area contributed by atoms with Crippen LogP contribution in [-0.2, 0) is 0 Å². The largest absolute Gasteiger partial charge is 0.495 e. The van der Waals surface area contributed by atoms with E-state index in [2.05, 4.69) is 21.2 Å². The first-order valence-corrected chi connectivity index (χ1v) is 8.70. The summed E-state index contributed by atoms with van der Waals surface area (Å²) < 4.78 is 5.28. The first kappa shape index (κ1) is 20.3. The number of nitrogens with one attached hydrogen (secondary N) is 3. The van der Waals surface area contributed by atoms with E-state index in [1.54, 1.807) is 30.3 Å². The number of benzene rings is 2. The molecule has 10 nitrogen and oxygen atoms in total. The Labute approximate surface area is 171 Å². The monoisotopic (exact) mass is 407 g/mol. The van der Waals surface area contributed by atoms with Crippen LogP contribution in [0.2, 0.25) is 0 Å². The van der Waals surface area contributed by atoms with Gasteiger partial charge in [0.1, 0.15) is 11.6 Å². The second kappa shape index (κ2) is 9.15. The second-order valence-electron chi connectivity index (χ2n) is 5.94. The van der Waals surface area contributed by atoms with Gasteiger partial charge in [-0.05, 0) is 30.3 Å². The summed E-state index contributed by atoms with van der Waals surface area (Å²) in [6.45, 7) is 0. The minimum Gasteiger partial charge on any atom is -0.495 e. The molecule has 0 fully saturated rings. The van der Waals surface area contributed by atoms with Crippen LogP contribution in [0.4, 0.5) is 17.2 Å². The highest BCUT2D eigenvalue weighted by atomic mass is 16.6. The Hall–Kier alpha value is -4.47. The van der Waals surface area contributed by atoms with E-state index < -0.39 is 16.7 Å². The third-order valence-corrected chi connectivity index (χ3v) is 4.02. The van der Waals surface area contributed by atoms with Gasteiger partial charge in [-0.2, -0.15) is 0 Å². The number of nitro benzene ring substituents is 1. The first-order chi connectivity index (χ1) is 14.5. The normalized spacial score (nSPS) is 10.0. The zero-order valence-corrected chi connectivity index (χ0v) is 15.8. The Balaban J connectivity index is 1.73. The number of carbonyl (C=O) groups excluding carboxylic acids is 2. The number of rotatable bonds is 6. The number of nitrogens with zero attached hydrogens (tertiary/aromatic N) is 2. The van der Waals surface area contributed by atoms with E-state index >= 15 is 0 Å². The number of hydrazine groups is 1. The molecule has 3 aromatic rings. The molecule has 2 amide bonds. The van der Waals surface area contributed by atoms with Crippen molar-refractivity contribution in [3.05, 3.63) is 88.1 Å². The van der Waals surface area contributed by atoms with Crippen molar-refractivity contribution in [2.45, 2.75) is 0 Å². The topological polar surface area (TPSA) is 135 Å². The number of non-ortho nitro benzene ring substituents is 1. The highest BCUT2D eigenvalue weighted by Crippen LogP contribution is 2.27. The summed E-state index contributed by atoms with van der Waals surface area (Å²) in [5, 5.41) is 13.9. The van der Waals surface area contributed by atoms with Gasteiger partial charge in [0.05, 0.1) is 23.3 Å². The molecule has 0 atom stereocenters. The van der Waals surface area contributed by atoms with E-state index in [1.165, 1.54) is 37.6 Å². The van der Waals surface area contributed by atoms with Crippen molar-refractivity contribution in [2.75, 3.05) is 12.4 Å². The molecule has 0 saturated carbocycles. The van der Waals surface area contributed by atoms with Crippen molar-refractivity contribution < 1.29 is 19.2 Å². The maximum atomic E-state index is 12.6. The number of aromatic nitrogens is 1. The third kappa shape index (κ3) is 4.68. The zero-order valence-electron chi connectivity index (χ0n) is 15.8. The van der Waals surface area contributed by atoms with E-state index in [-0.39, 0.29) is 22.6 Å². The van der Waals surface area contributed by atoms with E-state index in [1.807, 2.05) is 0 Å². The van der Waals surface area contributed by atoms with Crippen molar-refractivity contribution in [3.63, 3.8) is 0 Å². The second-order valence-corrected chi connectivity index (χ2v) is 5.94. The Morgan fingerprint density at radius 2 is 1.77 bits per heavy atom. The molecule has 0 spiro atoms. The molecule has 3 rings (SSSR count). The molecule has 1 heterocycles. The SMILES string of the molecule is COc1ccccc1Nc1ncccc1C(=O)NNC(=O)c1cccc([N+](=O)[O-])c1. The van der Waals surface area contributed by atoms with E-state index in [9.17, 15) is 19.7 Å². The van der Waals surface area contributed by atoms with Crippen LogP contribution in [0.3, 0.4) is 0 Å². The summed E-state index contributed by atoms with van der Waals surface area (Å²) >= 11 is 0. The number of ether oxygens (including phenoxy) is 1. The van der Waals surface area contributed by atoms with Gasteiger partial charge < -0.3 is 10.1 Å². The van der Waals surface area contributed by atoms with Crippen molar-refractivity contribution in [2.24, 2.45) is 0 Å². The number of methoxy groups -OCH3 is 1. The molecule has 10 heteroatoms. The van der Waals surface area contributed by atoms with Gasteiger partial charge >= 0.3 is 0 Å². The van der Waals surface area contributed by atoms with Gasteiger partial charge in [-0.1, -0.05) is 18.2 Å². The summed E-state index contributed by atoms with van der Waals surface area (Å²) in [7, 11) is 1.52. The third-order valence-electron chi connectivity index (χ3n) is 4.02. The number of pyridine rings is 1. The van der Waals surface area contributed by atoms with Crippen LogP contribution < -0.4 is 20.9 Å². The molecule has 30 heavy (non-hydrogen) atoms. The Kier molecular flexibility index (Phi) is 6.18. The number of nitro groups is 1. The molecule has 0 aliphatic carbocycles. The van der Waals surface area contributed by atoms with Crippen molar-refractivity contribution >= 4 is 29.0 Å². The van der Waals surface area contributed by atoms with Crippen molar-refractivity contribution in [3.8, 4) is 5.75 Å². The highest BCUT2D eigenvalue weighted by Gasteiger charge is 2.16. The molecule has 152 valence electrons. The molecular weight excluding hydrogens is 390 g/mol. The standard InChI is InChI=1S/C20H17N5O5/c1-30-17-10-3-2-9-16(17)22-18-15(8-5-11-21-18)20(27)24-23-19(26)13-6-4-7-14(12-13)25(28)29/h2-12H,1H3,(H,21,22)(H,23,26)(H,24,27). The van der Waals surface area contributed by atoms with Crippen LogP contribution in [0.1, 0.15) is 20.7 Å². The number of hydrogen-bond acceptors (Lipinski definition) is 7. The maximum absolute atomic E-state index is 12.6. The predicted octanol–water partition coefficient (Wildman–Crippen LogP) is 2.82. The molecule has 0 saturated heterocycles. The average molecular weight is 407 g/mol. The fraction of sp³-hybridized carbons (Fsp3) is 0.0500. The molecular formula is C20H17N5O5. The summed E-state index contributed by atoms with van der Waals surface area (Å²) in [6.07, 6.45) is 1.51. The smallest absolute Gasteiger partial charge is 0.273 e. The van der Waals surface area contributed by atoms with Gasteiger partial charge in [0.25, 0.3) is 17.5 Å². The summed E-state index contributed by atoms with van der Waals surface area (Å²) in [6, 6.07) is 15.4. The molecule has 3 N–H and O–H groups in total. The van der Waals surface area contributed by atoms with Crippen LogP contribution in [0.15, 0.2) is 66.9 Å². The minimum absolute atomic E-state index is 0.0306. The van der Waals surface area contributed by atoms with Gasteiger partial charge in [-0.25, -0.2) is 4.98 Å². The average Bonchev–Trinajstić information content (AvgIpc) is 2.78. The maximum Gasteiger partial charge on any atom is 0.273 e. The van der Waals surface area contributed by atoms with E-state index in [0.29, 0.717) is 11.4 Å². The van der Waals surface area contributed by atoms with Crippen LogP contribution in [0.5, 0.6) is 5.75 Å². The molecule has 0 aliphatic rings. The lowest BCUT2D eigenvalue weighted by molar-refractivity contribution is -0.384. The van der Waals surface area contributed by atoms with Gasteiger partial charge in [0.15, 0.2) is 0 Å². The fourth-order valence-electron chi connectivity index (χ4n) is 2.58. The summed E-state index contributed by atoms with van der Waals surface area (Å²) in [4.78, 5) is 39.2. The van der Waals surface area contributed by atoms with Crippen LogP contribution in [0.25, 0.3) is 0 Å². The predicted molar refractivity (Wildman–Crippen MR) is 109 cm³/mol. The quantitative estimate of drug-likeness (QED) is 0.422. The van der Waals surface area contributed by atoms with Gasteiger partial charge in [-0.3, -0.25) is 30.6 Å². The van der Waals surface area contributed by atoms with Crippen LogP contribution in [-0.4, -0.2) is 28.8 Å². The minimum atomic E-state index is -0.699. The van der Waals surface area contributed by atoms with Gasteiger partial charge in [0, 0.05) is 23.9 Å². The van der Waals surface area contributed by atoms with E-state index in [4.69, 9.17) is 4.74 Å². The lowest BCUT2D eigenvalue weighted by Crippen LogP contribution is -2.41.